The third-order valence-corrected chi connectivity index (χ3v) is 5.54. The molecule has 1 atom stereocenters. The standard InChI is InChI=1S/C18H19N2O2S.BrH/c1-22-16-9-7-14(8-10-16)18(21)13-19(15-5-3-2-4-6-15)17-20(18)11-12-23-17;/h2-10,21H,11-13H2,1H3;1H/q+1;/p-1. The van der Waals surface area contributed by atoms with Crippen LogP contribution >= 0.6 is 11.8 Å². The van der Waals surface area contributed by atoms with E-state index in [9.17, 15) is 5.11 Å². The maximum Gasteiger partial charge on any atom is 0.316 e. The predicted molar refractivity (Wildman–Crippen MR) is 93.3 cm³/mol. The lowest BCUT2D eigenvalue weighted by molar-refractivity contribution is -0.650. The summed E-state index contributed by atoms with van der Waals surface area (Å²) in [5.74, 6) is 1.80. The molecule has 2 aromatic rings. The highest BCUT2D eigenvalue weighted by atomic mass is 79.9. The van der Waals surface area contributed by atoms with Crippen molar-refractivity contribution in [3.05, 3.63) is 60.2 Å². The highest BCUT2D eigenvalue weighted by Gasteiger charge is 2.54. The number of halogens is 1. The molecule has 1 N–H and O–H groups in total. The van der Waals surface area contributed by atoms with Crippen molar-refractivity contribution in [2.45, 2.75) is 5.72 Å². The molecule has 0 saturated carbocycles. The van der Waals surface area contributed by atoms with E-state index >= 15 is 0 Å². The number of methoxy groups -OCH3 is 1. The zero-order chi connectivity index (χ0) is 15.9. The number of rotatable bonds is 3. The van der Waals surface area contributed by atoms with Gasteiger partial charge in [-0.25, -0.2) is 9.48 Å². The van der Waals surface area contributed by atoms with Crippen molar-refractivity contribution < 1.29 is 31.4 Å². The summed E-state index contributed by atoms with van der Waals surface area (Å²) in [6.45, 7) is 1.39. The highest BCUT2D eigenvalue weighted by molar-refractivity contribution is 8.14. The molecule has 4 rings (SSSR count). The van der Waals surface area contributed by atoms with Crippen LogP contribution in [0.3, 0.4) is 0 Å². The summed E-state index contributed by atoms with van der Waals surface area (Å²) >= 11 is 1.80. The van der Waals surface area contributed by atoms with Crippen molar-refractivity contribution in [1.82, 2.24) is 0 Å². The van der Waals surface area contributed by atoms with E-state index in [0.717, 1.165) is 34.5 Å². The van der Waals surface area contributed by atoms with E-state index in [0.29, 0.717) is 6.54 Å². The van der Waals surface area contributed by atoms with Crippen LogP contribution in [-0.4, -0.2) is 40.8 Å². The first-order valence-corrected chi connectivity index (χ1v) is 8.68. The van der Waals surface area contributed by atoms with Gasteiger partial charge in [0.15, 0.2) is 6.54 Å². The number of para-hydroxylation sites is 1. The Morgan fingerprint density at radius 2 is 1.83 bits per heavy atom. The minimum atomic E-state index is -0.999. The van der Waals surface area contributed by atoms with Gasteiger partial charge < -0.3 is 26.8 Å². The number of amidine groups is 1. The normalized spacial score (nSPS) is 22.3. The van der Waals surface area contributed by atoms with E-state index < -0.39 is 5.72 Å². The number of hydrogen-bond donors (Lipinski definition) is 1. The lowest BCUT2D eigenvalue weighted by atomic mass is 10.0. The van der Waals surface area contributed by atoms with Gasteiger partial charge in [-0.05, 0) is 48.2 Å². The van der Waals surface area contributed by atoms with Crippen LogP contribution in [0, 0.1) is 0 Å². The molecule has 2 aliphatic rings. The summed E-state index contributed by atoms with van der Waals surface area (Å²) < 4.78 is 7.34. The van der Waals surface area contributed by atoms with Gasteiger partial charge in [0.2, 0.25) is 0 Å². The van der Waals surface area contributed by atoms with Crippen LogP contribution in [-0.2, 0) is 5.72 Å². The van der Waals surface area contributed by atoms with Gasteiger partial charge in [0.25, 0.3) is 5.72 Å². The molecule has 1 unspecified atom stereocenters. The molecule has 0 spiro atoms. The first-order valence-electron chi connectivity index (χ1n) is 7.69. The van der Waals surface area contributed by atoms with Crippen molar-refractivity contribution in [2.75, 3.05) is 30.9 Å². The SMILES string of the molecule is COc1ccc(C2(O)CN(c3ccccc3)C3=[N+]2CCS3)cc1.[Br-]. The van der Waals surface area contributed by atoms with Crippen molar-refractivity contribution in [1.29, 1.82) is 0 Å². The van der Waals surface area contributed by atoms with Gasteiger partial charge in [0.05, 0.1) is 13.7 Å². The fraction of sp³-hybridized carbons (Fsp3) is 0.278. The van der Waals surface area contributed by atoms with E-state index in [1.165, 1.54) is 0 Å². The van der Waals surface area contributed by atoms with Crippen molar-refractivity contribution in [3.63, 3.8) is 0 Å². The molecule has 0 aliphatic carbocycles. The van der Waals surface area contributed by atoms with Crippen molar-refractivity contribution >= 4 is 22.6 Å². The van der Waals surface area contributed by atoms with Crippen LogP contribution in [0.1, 0.15) is 5.56 Å². The summed E-state index contributed by atoms with van der Waals surface area (Å²) in [5.41, 5.74) is 1.02. The molecule has 2 aromatic carbocycles. The number of anilines is 1. The molecule has 0 aromatic heterocycles. The molecule has 0 bridgehead atoms. The van der Waals surface area contributed by atoms with Gasteiger partial charge >= 0.3 is 5.17 Å². The van der Waals surface area contributed by atoms with E-state index in [2.05, 4.69) is 21.6 Å². The van der Waals surface area contributed by atoms with Crippen LogP contribution in [0.4, 0.5) is 5.69 Å². The van der Waals surface area contributed by atoms with E-state index in [1.54, 1.807) is 18.9 Å². The highest BCUT2D eigenvalue weighted by Crippen LogP contribution is 2.38. The molecule has 2 aliphatic heterocycles. The summed E-state index contributed by atoms with van der Waals surface area (Å²) in [4.78, 5) is 2.21. The Morgan fingerprint density at radius 3 is 2.50 bits per heavy atom. The van der Waals surface area contributed by atoms with Gasteiger partial charge in [-0.15, -0.1) is 0 Å². The van der Waals surface area contributed by atoms with Crippen LogP contribution < -0.4 is 26.6 Å². The summed E-state index contributed by atoms with van der Waals surface area (Å²) in [5, 5.41) is 12.6. The van der Waals surface area contributed by atoms with Gasteiger partial charge in [-0.1, -0.05) is 18.2 Å². The maximum atomic E-state index is 11.4. The summed E-state index contributed by atoms with van der Waals surface area (Å²) in [6, 6.07) is 18.0. The quantitative estimate of drug-likeness (QED) is 0.695. The van der Waals surface area contributed by atoms with Gasteiger partial charge in [0.1, 0.15) is 11.4 Å². The van der Waals surface area contributed by atoms with Crippen LogP contribution in [0.25, 0.3) is 0 Å². The molecule has 24 heavy (non-hydrogen) atoms. The number of thioether (sulfide) groups is 1. The Kier molecular flexibility index (Phi) is 4.90. The summed E-state index contributed by atoms with van der Waals surface area (Å²) in [6.07, 6.45) is 0. The summed E-state index contributed by atoms with van der Waals surface area (Å²) in [7, 11) is 1.65. The molecule has 0 saturated heterocycles. The first-order chi connectivity index (χ1) is 11.2. The zero-order valence-electron chi connectivity index (χ0n) is 13.4. The molecule has 126 valence electrons. The molecule has 6 heteroatoms. The van der Waals surface area contributed by atoms with Crippen LogP contribution in [0.2, 0.25) is 0 Å². The monoisotopic (exact) mass is 406 g/mol. The number of nitrogens with zero attached hydrogens (tertiary/aromatic N) is 2. The third-order valence-electron chi connectivity index (χ3n) is 4.45. The third kappa shape index (κ3) is 2.72. The smallest absolute Gasteiger partial charge is 0.316 e. The van der Waals surface area contributed by atoms with Crippen molar-refractivity contribution in [3.8, 4) is 5.75 Å². The number of aliphatic hydroxyl groups is 1. The number of β-amino-alcohol motifs (C(OH)–C–C–N with tert-alkyl or cyclic N) is 1. The van der Waals surface area contributed by atoms with Crippen LogP contribution in [0.15, 0.2) is 54.6 Å². The Balaban J connectivity index is 0.00000169. The molecule has 2 heterocycles. The number of hydrogen-bond acceptors (Lipinski definition) is 4. The second kappa shape index (κ2) is 6.78. The average molecular weight is 407 g/mol. The van der Waals surface area contributed by atoms with Crippen molar-refractivity contribution in [2.24, 2.45) is 0 Å². The Morgan fingerprint density at radius 1 is 1.12 bits per heavy atom. The van der Waals surface area contributed by atoms with E-state index in [-0.39, 0.29) is 17.0 Å². The zero-order valence-corrected chi connectivity index (χ0v) is 15.8. The van der Waals surface area contributed by atoms with Gasteiger partial charge in [0, 0.05) is 11.3 Å². The topological polar surface area (TPSA) is 35.7 Å². The predicted octanol–water partition coefficient (Wildman–Crippen LogP) is -0.520. The molecular formula is C18H19BrN2O2S. The van der Waals surface area contributed by atoms with E-state index in [4.69, 9.17) is 4.74 Å². The Bertz CT molecular complexity index is 751. The van der Waals surface area contributed by atoms with Gasteiger partial charge in [-0.3, -0.25) is 0 Å². The lowest BCUT2D eigenvalue weighted by Crippen LogP contribution is -3.00. The second-order valence-electron chi connectivity index (χ2n) is 5.75. The minimum Gasteiger partial charge on any atom is -1.00 e. The number of benzene rings is 2. The van der Waals surface area contributed by atoms with Crippen LogP contribution in [0.5, 0.6) is 5.75 Å². The van der Waals surface area contributed by atoms with Gasteiger partial charge in [-0.2, -0.15) is 0 Å². The minimum absolute atomic E-state index is 0. The fourth-order valence-corrected chi connectivity index (χ4v) is 4.44. The fourth-order valence-electron chi connectivity index (χ4n) is 3.26. The second-order valence-corrected chi connectivity index (χ2v) is 6.81. The number of ether oxygens (including phenoxy) is 1. The Hall–Kier alpha value is -1.50. The first kappa shape index (κ1) is 17.3. The molecule has 0 radical (unpaired) electrons. The van der Waals surface area contributed by atoms with E-state index in [1.807, 2.05) is 42.5 Å². The largest absolute Gasteiger partial charge is 1.00 e. The molecular weight excluding hydrogens is 388 g/mol. The molecule has 0 amide bonds. The average Bonchev–Trinajstić information content (AvgIpc) is 3.19. The lowest BCUT2D eigenvalue weighted by Gasteiger charge is -2.23. The molecule has 0 fully saturated rings. The molecule has 4 nitrogen and oxygen atoms in total. The Labute approximate surface area is 156 Å². The maximum absolute atomic E-state index is 11.4.